The van der Waals surface area contributed by atoms with Crippen LogP contribution in [0.3, 0.4) is 0 Å². The van der Waals surface area contributed by atoms with E-state index in [2.05, 4.69) is 10.9 Å². The van der Waals surface area contributed by atoms with Crippen LogP contribution in [0.5, 0.6) is 5.75 Å². The zero-order valence-electron chi connectivity index (χ0n) is 11.8. The van der Waals surface area contributed by atoms with E-state index in [1.54, 1.807) is 6.20 Å². The van der Waals surface area contributed by atoms with Gasteiger partial charge >= 0.3 is 0 Å². The second kappa shape index (κ2) is 5.68. The summed E-state index contributed by atoms with van der Waals surface area (Å²) < 4.78 is 6.00. The molecule has 1 heterocycles. The summed E-state index contributed by atoms with van der Waals surface area (Å²) in [5.74, 6) is 3.41. The summed E-state index contributed by atoms with van der Waals surface area (Å²) in [5, 5.41) is 1.04. The SMILES string of the molecule is C#CC(Oc1cccc2cccnc12)c1ccc(C)cc1. The van der Waals surface area contributed by atoms with Crippen LogP contribution >= 0.6 is 0 Å². The van der Waals surface area contributed by atoms with Gasteiger partial charge in [0, 0.05) is 17.1 Å². The van der Waals surface area contributed by atoms with E-state index in [4.69, 9.17) is 11.2 Å². The summed E-state index contributed by atoms with van der Waals surface area (Å²) in [6.45, 7) is 2.05. The average Bonchev–Trinajstić information content (AvgIpc) is 2.54. The number of hydrogen-bond acceptors (Lipinski definition) is 2. The van der Waals surface area contributed by atoms with E-state index in [-0.39, 0.29) is 0 Å². The minimum absolute atomic E-state index is 0.418. The van der Waals surface area contributed by atoms with E-state index in [1.165, 1.54) is 5.56 Å². The van der Waals surface area contributed by atoms with Gasteiger partial charge in [0.15, 0.2) is 6.10 Å². The molecule has 0 saturated heterocycles. The Labute approximate surface area is 124 Å². The zero-order chi connectivity index (χ0) is 14.7. The number of ether oxygens (including phenoxy) is 1. The van der Waals surface area contributed by atoms with E-state index in [1.807, 2.05) is 61.5 Å². The maximum absolute atomic E-state index is 6.00. The Hall–Kier alpha value is -2.79. The van der Waals surface area contributed by atoms with Gasteiger partial charge in [-0.1, -0.05) is 53.9 Å². The monoisotopic (exact) mass is 273 g/mol. The van der Waals surface area contributed by atoms with Crippen LogP contribution in [0, 0.1) is 19.3 Å². The molecule has 2 aromatic carbocycles. The number of terminal acetylenes is 1. The first-order valence-corrected chi connectivity index (χ1v) is 6.81. The normalized spacial score (nSPS) is 11.8. The van der Waals surface area contributed by atoms with Gasteiger partial charge in [-0.2, -0.15) is 0 Å². The van der Waals surface area contributed by atoms with Crippen LogP contribution < -0.4 is 4.74 Å². The Morgan fingerprint density at radius 3 is 2.57 bits per heavy atom. The number of rotatable bonds is 3. The van der Waals surface area contributed by atoms with E-state index in [0.717, 1.165) is 16.5 Å². The number of fused-ring (bicyclic) bond motifs is 1. The van der Waals surface area contributed by atoms with Crippen LogP contribution in [-0.4, -0.2) is 4.98 Å². The number of aryl methyl sites for hydroxylation is 1. The fourth-order valence-corrected chi connectivity index (χ4v) is 2.24. The molecule has 2 heteroatoms. The smallest absolute Gasteiger partial charge is 0.184 e. The number of pyridine rings is 1. The van der Waals surface area contributed by atoms with Crippen LogP contribution in [-0.2, 0) is 0 Å². The van der Waals surface area contributed by atoms with Crippen molar-refractivity contribution in [2.75, 3.05) is 0 Å². The standard InChI is InChI=1S/C19H15NO/c1-3-17(15-11-9-14(2)10-12-15)21-18-8-4-6-16-7-5-13-20-19(16)18/h1,4-13,17H,2H3. The third-order valence-electron chi connectivity index (χ3n) is 3.37. The summed E-state index contributed by atoms with van der Waals surface area (Å²) in [6, 6.07) is 17.8. The molecule has 0 spiro atoms. The Morgan fingerprint density at radius 1 is 1.05 bits per heavy atom. The minimum atomic E-state index is -0.418. The van der Waals surface area contributed by atoms with Crippen LogP contribution in [0.4, 0.5) is 0 Å². The molecular weight excluding hydrogens is 258 g/mol. The molecule has 1 aromatic heterocycles. The molecule has 21 heavy (non-hydrogen) atoms. The van der Waals surface area contributed by atoms with Gasteiger partial charge < -0.3 is 4.74 Å². The molecule has 0 aliphatic heterocycles. The highest BCUT2D eigenvalue weighted by molar-refractivity contribution is 5.84. The minimum Gasteiger partial charge on any atom is -0.471 e. The Bertz CT molecular complexity index is 794. The van der Waals surface area contributed by atoms with Gasteiger partial charge in [0.2, 0.25) is 0 Å². The quantitative estimate of drug-likeness (QED) is 0.664. The molecule has 0 N–H and O–H groups in total. The van der Waals surface area contributed by atoms with Gasteiger partial charge in [-0.05, 0) is 19.1 Å². The number of hydrogen-bond donors (Lipinski definition) is 0. The lowest BCUT2D eigenvalue weighted by molar-refractivity contribution is 0.268. The van der Waals surface area contributed by atoms with Crippen molar-refractivity contribution < 1.29 is 4.74 Å². The van der Waals surface area contributed by atoms with Crippen LogP contribution in [0.25, 0.3) is 10.9 Å². The summed E-state index contributed by atoms with van der Waals surface area (Å²) in [4.78, 5) is 4.38. The molecule has 0 radical (unpaired) electrons. The Balaban J connectivity index is 1.96. The molecule has 0 bridgehead atoms. The maximum Gasteiger partial charge on any atom is 0.184 e. The molecule has 102 valence electrons. The highest BCUT2D eigenvalue weighted by atomic mass is 16.5. The van der Waals surface area contributed by atoms with Gasteiger partial charge in [0.05, 0.1) is 0 Å². The fourth-order valence-electron chi connectivity index (χ4n) is 2.24. The number of nitrogens with zero attached hydrogens (tertiary/aromatic N) is 1. The highest BCUT2D eigenvalue weighted by Gasteiger charge is 2.12. The van der Waals surface area contributed by atoms with Crippen molar-refractivity contribution in [1.82, 2.24) is 4.98 Å². The van der Waals surface area contributed by atoms with E-state index in [9.17, 15) is 0 Å². The third-order valence-corrected chi connectivity index (χ3v) is 3.37. The first-order chi connectivity index (χ1) is 10.3. The van der Waals surface area contributed by atoms with Crippen molar-refractivity contribution in [3.63, 3.8) is 0 Å². The van der Waals surface area contributed by atoms with Crippen molar-refractivity contribution >= 4 is 10.9 Å². The van der Waals surface area contributed by atoms with Crippen molar-refractivity contribution in [2.45, 2.75) is 13.0 Å². The number of para-hydroxylation sites is 1. The first kappa shape index (κ1) is 13.2. The second-order valence-corrected chi connectivity index (χ2v) is 4.91. The molecule has 3 rings (SSSR count). The summed E-state index contributed by atoms with van der Waals surface area (Å²) in [6.07, 6.45) is 6.98. The largest absolute Gasteiger partial charge is 0.471 e. The van der Waals surface area contributed by atoms with Crippen molar-refractivity contribution in [3.8, 4) is 18.1 Å². The molecule has 2 nitrogen and oxygen atoms in total. The van der Waals surface area contributed by atoms with Crippen LogP contribution in [0.1, 0.15) is 17.2 Å². The molecular formula is C19H15NO. The molecule has 0 saturated carbocycles. The van der Waals surface area contributed by atoms with Crippen LogP contribution in [0.2, 0.25) is 0 Å². The predicted molar refractivity (Wildman–Crippen MR) is 85.1 cm³/mol. The number of benzene rings is 2. The van der Waals surface area contributed by atoms with Crippen molar-refractivity contribution in [3.05, 3.63) is 71.9 Å². The lowest BCUT2D eigenvalue weighted by Gasteiger charge is -2.15. The van der Waals surface area contributed by atoms with Crippen molar-refractivity contribution in [1.29, 1.82) is 0 Å². The van der Waals surface area contributed by atoms with Gasteiger partial charge in [-0.15, -0.1) is 6.42 Å². The average molecular weight is 273 g/mol. The van der Waals surface area contributed by atoms with E-state index < -0.39 is 6.10 Å². The van der Waals surface area contributed by atoms with E-state index in [0.29, 0.717) is 5.75 Å². The lowest BCUT2D eigenvalue weighted by atomic mass is 10.1. The zero-order valence-corrected chi connectivity index (χ0v) is 11.8. The van der Waals surface area contributed by atoms with Gasteiger partial charge in [0.1, 0.15) is 11.3 Å². The maximum atomic E-state index is 6.00. The number of aromatic nitrogens is 1. The molecule has 0 aliphatic rings. The lowest BCUT2D eigenvalue weighted by Crippen LogP contribution is -2.05. The molecule has 1 unspecified atom stereocenters. The first-order valence-electron chi connectivity index (χ1n) is 6.81. The summed E-state index contributed by atoms with van der Waals surface area (Å²) in [7, 11) is 0. The highest BCUT2D eigenvalue weighted by Crippen LogP contribution is 2.28. The molecule has 0 amide bonds. The Morgan fingerprint density at radius 2 is 1.81 bits per heavy atom. The summed E-state index contributed by atoms with van der Waals surface area (Å²) >= 11 is 0. The predicted octanol–water partition coefficient (Wildman–Crippen LogP) is 4.30. The topological polar surface area (TPSA) is 22.1 Å². The van der Waals surface area contributed by atoms with Gasteiger partial charge in [-0.3, -0.25) is 4.98 Å². The molecule has 1 atom stereocenters. The Kier molecular flexibility index (Phi) is 3.57. The molecule has 0 aliphatic carbocycles. The van der Waals surface area contributed by atoms with E-state index >= 15 is 0 Å². The fraction of sp³-hybridized carbons (Fsp3) is 0.105. The van der Waals surface area contributed by atoms with Gasteiger partial charge in [-0.25, -0.2) is 0 Å². The summed E-state index contributed by atoms with van der Waals surface area (Å²) in [5.41, 5.74) is 2.99. The van der Waals surface area contributed by atoms with Gasteiger partial charge in [0.25, 0.3) is 0 Å². The molecule has 0 fully saturated rings. The molecule has 3 aromatic rings. The second-order valence-electron chi connectivity index (χ2n) is 4.91. The third kappa shape index (κ3) is 2.73. The van der Waals surface area contributed by atoms with Crippen molar-refractivity contribution in [2.24, 2.45) is 0 Å². The van der Waals surface area contributed by atoms with Crippen LogP contribution in [0.15, 0.2) is 60.8 Å².